The second-order valence-corrected chi connectivity index (χ2v) is 7.50. The normalized spacial score (nSPS) is 24.2. The van der Waals surface area contributed by atoms with Crippen molar-refractivity contribution in [2.24, 2.45) is 17.8 Å². The van der Waals surface area contributed by atoms with E-state index >= 15 is 0 Å². The fraction of sp³-hybridized carbons (Fsp3) is 0.600. The number of nitrogens with one attached hydrogen (secondary N) is 2. The van der Waals surface area contributed by atoms with E-state index in [4.69, 9.17) is 0 Å². The Kier molecular flexibility index (Phi) is 4.54. The maximum Gasteiger partial charge on any atom is 0.223 e. The van der Waals surface area contributed by atoms with E-state index in [9.17, 15) is 4.79 Å². The lowest BCUT2D eigenvalue weighted by Gasteiger charge is -2.21. The van der Waals surface area contributed by atoms with E-state index in [1.807, 2.05) is 24.3 Å². The third kappa shape index (κ3) is 3.47. The van der Waals surface area contributed by atoms with Gasteiger partial charge >= 0.3 is 0 Å². The summed E-state index contributed by atoms with van der Waals surface area (Å²) in [6, 6.07) is 8.09. The van der Waals surface area contributed by atoms with E-state index in [2.05, 4.69) is 15.3 Å². The molecule has 1 aromatic carbocycles. The van der Waals surface area contributed by atoms with Crippen molar-refractivity contribution in [1.29, 1.82) is 0 Å². The molecule has 0 saturated heterocycles. The lowest BCUT2D eigenvalue weighted by Crippen LogP contribution is -2.27. The zero-order valence-electron chi connectivity index (χ0n) is 14.3. The number of imidazole rings is 1. The largest absolute Gasteiger partial charge is 0.356 e. The second kappa shape index (κ2) is 6.96. The summed E-state index contributed by atoms with van der Waals surface area (Å²) in [7, 11) is 0. The SMILES string of the molecule is O=C(NCCCc1nc2ccccc2[nH]1)C1CC1C1CCCCC1. The Hall–Kier alpha value is -1.84. The van der Waals surface area contributed by atoms with Gasteiger partial charge in [0, 0.05) is 18.9 Å². The molecule has 1 amide bonds. The predicted octanol–water partition coefficient (Wildman–Crippen LogP) is 3.83. The first-order valence-corrected chi connectivity index (χ1v) is 9.52. The van der Waals surface area contributed by atoms with Crippen LogP contribution in [-0.4, -0.2) is 22.4 Å². The molecule has 2 aliphatic rings. The van der Waals surface area contributed by atoms with Crippen molar-refractivity contribution in [3.05, 3.63) is 30.1 Å². The van der Waals surface area contributed by atoms with Crippen molar-refractivity contribution in [2.45, 2.75) is 51.4 Å². The number of aryl methyl sites for hydroxylation is 1. The number of benzene rings is 1. The van der Waals surface area contributed by atoms with Crippen molar-refractivity contribution in [2.75, 3.05) is 6.54 Å². The molecule has 0 bridgehead atoms. The highest BCUT2D eigenvalue weighted by molar-refractivity contribution is 5.81. The van der Waals surface area contributed by atoms with Gasteiger partial charge in [0.2, 0.25) is 5.91 Å². The maximum atomic E-state index is 12.3. The van der Waals surface area contributed by atoms with Crippen LogP contribution in [0.1, 0.15) is 50.8 Å². The topological polar surface area (TPSA) is 57.8 Å². The van der Waals surface area contributed by atoms with Gasteiger partial charge in [-0.2, -0.15) is 0 Å². The van der Waals surface area contributed by atoms with Gasteiger partial charge in [0.1, 0.15) is 5.82 Å². The molecule has 2 aliphatic carbocycles. The Morgan fingerprint density at radius 1 is 1.21 bits per heavy atom. The highest BCUT2D eigenvalue weighted by Crippen LogP contribution is 2.49. The minimum atomic E-state index is 0.287. The number of fused-ring (bicyclic) bond motifs is 1. The summed E-state index contributed by atoms with van der Waals surface area (Å²) in [5.74, 6) is 3.11. The van der Waals surface area contributed by atoms with Gasteiger partial charge < -0.3 is 10.3 Å². The van der Waals surface area contributed by atoms with Crippen molar-refractivity contribution in [3.63, 3.8) is 0 Å². The molecule has 2 N–H and O–H groups in total. The Balaban J connectivity index is 1.18. The van der Waals surface area contributed by atoms with Crippen LogP contribution in [0, 0.1) is 17.8 Å². The van der Waals surface area contributed by atoms with Gasteiger partial charge in [-0.3, -0.25) is 4.79 Å². The molecule has 2 atom stereocenters. The van der Waals surface area contributed by atoms with Gasteiger partial charge in [-0.25, -0.2) is 4.98 Å². The van der Waals surface area contributed by atoms with E-state index in [0.29, 0.717) is 11.8 Å². The van der Waals surface area contributed by atoms with Crippen LogP contribution in [0.25, 0.3) is 11.0 Å². The van der Waals surface area contributed by atoms with Crippen LogP contribution in [0.4, 0.5) is 0 Å². The van der Waals surface area contributed by atoms with E-state index in [1.165, 1.54) is 32.1 Å². The molecule has 2 aromatic rings. The summed E-state index contributed by atoms with van der Waals surface area (Å²) >= 11 is 0. The van der Waals surface area contributed by atoms with Crippen molar-refractivity contribution < 1.29 is 4.79 Å². The summed E-state index contributed by atoms with van der Waals surface area (Å²) in [5.41, 5.74) is 2.11. The van der Waals surface area contributed by atoms with E-state index in [0.717, 1.165) is 48.6 Å². The van der Waals surface area contributed by atoms with Crippen LogP contribution in [0.5, 0.6) is 0 Å². The number of carbonyl (C=O) groups is 1. The van der Waals surface area contributed by atoms with Crippen LogP contribution in [0.3, 0.4) is 0 Å². The number of hydrogen-bond acceptors (Lipinski definition) is 2. The standard InChI is InChI=1S/C20H27N3O/c24-20(16-13-15(16)14-7-2-1-3-8-14)21-12-6-11-19-22-17-9-4-5-10-18(17)23-19/h4-5,9-10,14-16H,1-3,6-8,11-13H2,(H,21,24)(H,22,23). The first-order valence-electron chi connectivity index (χ1n) is 9.52. The molecule has 24 heavy (non-hydrogen) atoms. The molecule has 4 rings (SSSR count). The third-order valence-corrected chi connectivity index (χ3v) is 5.76. The van der Waals surface area contributed by atoms with E-state index < -0.39 is 0 Å². The smallest absolute Gasteiger partial charge is 0.223 e. The molecule has 128 valence electrons. The molecule has 4 heteroatoms. The Morgan fingerprint density at radius 2 is 2.04 bits per heavy atom. The van der Waals surface area contributed by atoms with Gasteiger partial charge in [0.25, 0.3) is 0 Å². The highest BCUT2D eigenvalue weighted by atomic mass is 16.2. The zero-order chi connectivity index (χ0) is 16.4. The Bertz CT molecular complexity index is 669. The van der Waals surface area contributed by atoms with Gasteiger partial charge in [-0.05, 0) is 36.8 Å². The molecule has 0 radical (unpaired) electrons. The van der Waals surface area contributed by atoms with Crippen molar-refractivity contribution >= 4 is 16.9 Å². The Morgan fingerprint density at radius 3 is 2.88 bits per heavy atom. The number of amides is 1. The average molecular weight is 325 g/mol. The lowest BCUT2D eigenvalue weighted by atomic mass is 9.85. The lowest BCUT2D eigenvalue weighted by molar-refractivity contribution is -0.122. The molecular formula is C20H27N3O. The fourth-order valence-electron chi connectivity index (χ4n) is 4.32. The van der Waals surface area contributed by atoms with Gasteiger partial charge in [0.05, 0.1) is 11.0 Å². The average Bonchev–Trinajstić information content (AvgIpc) is 3.32. The Labute approximate surface area is 143 Å². The predicted molar refractivity (Wildman–Crippen MR) is 95.6 cm³/mol. The molecule has 0 aliphatic heterocycles. The molecule has 2 fully saturated rings. The summed E-state index contributed by atoms with van der Waals surface area (Å²) in [6.45, 7) is 0.754. The van der Waals surface area contributed by atoms with Crippen molar-refractivity contribution in [3.8, 4) is 0 Å². The van der Waals surface area contributed by atoms with Crippen molar-refractivity contribution in [1.82, 2.24) is 15.3 Å². The number of para-hydroxylation sites is 2. The van der Waals surface area contributed by atoms with Crippen LogP contribution in [0.2, 0.25) is 0 Å². The van der Waals surface area contributed by atoms with E-state index in [-0.39, 0.29) is 5.91 Å². The van der Waals surface area contributed by atoms with Gasteiger partial charge in [0.15, 0.2) is 0 Å². The highest BCUT2D eigenvalue weighted by Gasteiger charge is 2.47. The third-order valence-electron chi connectivity index (χ3n) is 5.76. The van der Waals surface area contributed by atoms with Gasteiger partial charge in [-0.1, -0.05) is 44.2 Å². The molecular weight excluding hydrogens is 298 g/mol. The number of hydrogen-bond donors (Lipinski definition) is 2. The number of rotatable bonds is 6. The van der Waals surface area contributed by atoms with Crippen LogP contribution in [-0.2, 0) is 11.2 Å². The molecule has 1 heterocycles. The van der Waals surface area contributed by atoms with Crippen LogP contribution < -0.4 is 5.32 Å². The number of H-pyrrole nitrogens is 1. The first kappa shape index (κ1) is 15.7. The summed E-state index contributed by atoms with van der Waals surface area (Å²) < 4.78 is 0. The minimum Gasteiger partial charge on any atom is -0.356 e. The second-order valence-electron chi connectivity index (χ2n) is 7.50. The maximum absolute atomic E-state index is 12.3. The summed E-state index contributed by atoms with van der Waals surface area (Å²) in [5, 5.41) is 3.14. The molecule has 1 aromatic heterocycles. The first-order chi connectivity index (χ1) is 11.8. The zero-order valence-corrected chi connectivity index (χ0v) is 14.3. The van der Waals surface area contributed by atoms with Gasteiger partial charge in [-0.15, -0.1) is 0 Å². The molecule has 4 nitrogen and oxygen atoms in total. The molecule has 0 spiro atoms. The molecule has 2 unspecified atom stereocenters. The molecule has 2 saturated carbocycles. The minimum absolute atomic E-state index is 0.287. The quantitative estimate of drug-likeness (QED) is 0.793. The van der Waals surface area contributed by atoms with Crippen LogP contribution >= 0.6 is 0 Å². The number of aromatic amines is 1. The van der Waals surface area contributed by atoms with Crippen LogP contribution in [0.15, 0.2) is 24.3 Å². The van der Waals surface area contributed by atoms with E-state index in [1.54, 1.807) is 0 Å². The number of aromatic nitrogens is 2. The fourth-order valence-corrected chi connectivity index (χ4v) is 4.32. The summed E-state index contributed by atoms with van der Waals surface area (Å²) in [4.78, 5) is 20.2. The monoisotopic (exact) mass is 325 g/mol. The number of nitrogens with zero attached hydrogens (tertiary/aromatic N) is 1. The summed E-state index contributed by atoms with van der Waals surface area (Å²) in [6.07, 6.45) is 9.76. The number of carbonyl (C=O) groups excluding carboxylic acids is 1.